The molecule has 0 saturated heterocycles. The smallest absolute Gasteiger partial charge is 0.138 e. The van der Waals surface area contributed by atoms with Crippen molar-refractivity contribution in [1.82, 2.24) is 0 Å². The number of hydrogen-bond donors (Lipinski definition) is 1. The molecule has 1 aliphatic carbocycles. The molecule has 0 unspecified atom stereocenters. The van der Waals surface area contributed by atoms with E-state index in [0.717, 1.165) is 25.0 Å². The van der Waals surface area contributed by atoms with Gasteiger partial charge in [0.2, 0.25) is 0 Å². The van der Waals surface area contributed by atoms with E-state index in [4.69, 9.17) is 5.26 Å². The highest BCUT2D eigenvalue weighted by atomic mass is 17.1. The topological polar surface area (TPSA) is 29.5 Å². The monoisotopic (exact) mass is 128 g/mol. The standard InChI is InChI=1S/C7H12O2/c8-9-7-5-3-1-2-4-6-7/h5,8H,1-4,6H2. The minimum Gasteiger partial charge on any atom is -0.345 e. The van der Waals surface area contributed by atoms with Gasteiger partial charge >= 0.3 is 0 Å². The Balaban J connectivity index is 2.37. The largest absolute Gasteiger partial charge is 0.345 e. The van der Waals surface area contributed by atoms with Crippen LogP contribution in [0.25, 0.3) is 0 Å². The number of allylic oxidation sites excluding steroid dienone is 2. The minimum absolute atomic E-state index is 0.743. The first-order valence-electron chi connectivity index (χ1n) is 3.44. The zero-order valence-electron chi connectivity index (χ0n) is 5.47. The van der Waals surface area contributed by atoms with Crippen LogP contribution in [0.5, 0.6) is 0 Å². The molecule has 0 aliphatic heterocycles. The molecule has 0 amide bonds. The number of rotatable bonds is 1. The molecule has 0 aromatic rings. The van der Waals surface area contributed by atoms with E-state index in [2.05, 4.69) is 4.89 Å². The SMILES string of the molecule is OOC1=CCCCCC1. The van der Waals surface area contributed by atoms with Crippen LogP contribution in [0.1, 0.15) is 32.1 Å². The summed E-state index contributed by atoms with van der Waals surface area (Å²) < 4.78 is 0. The van der Waals surface area contributed by atoms with E-state index in [1.54, 1.807) is 0 Å². The van der Waals surface area contributed by atoms with Gasteiger partial charge in [-0.2, -0.15) is 0 Å². The maximum Gasteiger partial charge on any atom is 0.138 e. The average Bonchev–Trinajstić information content (AvgIpc) is 2.13. The molecule has 1 N–H and O–H groups in total. The highest BCUT2D eigenvalue weighted by molar-refractivity contribution is 4.93. The summed E-state index contributed by atoms with van der Waals surface area (Å²) in [4.78, 5) is 4.13. The van der Waals surface area contributed by atoms with Gasteiger partial charge in [-0.05, 0) is 25.3 Å². The van der Waals surface area contributed by atoms with E-state index in [1.165, 1.54) is 12.8 Å². The normalized spacial score (nSPS) is 20.3. The predicted octanol–water partition coefficient (Wildman–Crippen LogP) is 2.32. The molecule has 9 heavy (non-hydrogen) atoms. The maximum absolute atomic E-state index is 8.25. The van der Waals surface area contributed by atoms with Crippen molar-refractivity contribution in [3.63, 3.8) is 0 Å². The zero-order valence-corrected chi connectivity index (χ0v) is 5.47. The van der Waals surface area contributed by atoms with E-state index in [0.29, 0.717) is 0 Å². The van der Waals surface area contributed by atoms with Crippen molar-refractivity contribution in [1.29, 1.82) is 0 Å². The van der Waals surface area contributed by atoms with Crippen molar-refractivity contribution in [3.05, 3.63) is 11.8 Å². The van der Waals surface area contributed by atoms with Gasteiger partial charge in [0.25, 0.3) is 0 Å². The van der Waals surface area contributed by atoms with Gasteiger partial charge in [-0.3, -0.25) is 0 Å². The van der Waals surface area contributed by atoms with Gasteiger partial charge in [-0.25, -0.2) is 5.26 Å². The molecule has 52 valence electrons. The fraction of sp³-hybridized carbons (Fsp3) is 0.714. The second-order valence-electron chi connectivity index (χ2n) is 2.36. The molecule has 1 aliphatic rings. The lowest BCUT2D eigenvalue weighted by molar-refractivity contribution is -0.205. The van der Waals surface area contributed by atoms with Crippen LogP contribution in [-0.4, -0.2) is 5.26 Å². The van der Waals surface area contributed by atoms with Crippen molar-refractivity contribution in [2.75, 3.05) is 0 Å². The molecular formula is C7H12O2. The van der Waals surface area contributed by atoms with Crippen molar-refractivity contribution < 1.29 is 10.1 Å². The van der Waals surface area contributed by atoms with Crippen LogP contribution >= 0.6 is 0 Å². The Kier molecular flexibility index (Phi) is 2.58. The average molecular weight is 128 g/mol. The lowest BCUT2D eigenvalue weighted by Gasteiger charge is -1.96. The van der Waals surface area contributed by atoms with Crippen molar-refractivity contribution >= 4 is 0 Å². The van der Waals surface area contributed by atoms with Gasteiger partial charge in [0.05, 0.1) is 0 Å². The third-order valence-corrected chi connectivity index (χ3v) is 1.62. The third kappa shape index (κ3) is 2.06. The maximum atomic E-state index is 8.25. The summed E-state index contributed by atoms with van der Waals surface area (Å²) >= 11 is 0. The van der Waals surface area contributed by atoms with Crippen LogP contribution in [0.15, 0.2) is 11.8 Å². The van der Waals surface area contributed by atoms with Gasteiger partial charge in [0.1, 0.15) is 5.76 Å². The molecule has 2 nitrogen and oxygen atoms in total. The van der Waals surface area contributed by atoms with E-state index in [1.807, 2.05) is 6.08 Å². The van der Waals surface area contributed by atoms with E-state index >= 15 is 0 Å². The molecule has 0 heterocycles. The van der Waals surface area contributed by atoms with E-state index < -0.39 is 0 Å². The highest BCUT2D eigenvalue weighted by Gasteiger charge is 2.01. The van der Waals surface area contributed by atoms with Gasteiger partial charge < -0.3 is 4.89 Å². The molecule has 0 spiro atoms. The van der Waals surface area contributed by atoms with Crippen molar-refractivity contribution in [3.8, 4) is 0 Å². The van der Waals surface area contributed by atoms with Crippen LogP contribution in [-0.2, 0) is 4.89 Å². The minimum atomic E-state index is 0.743. The summed E-state index contributed by atoms with van der Waals surface area (Å²) in [6, 6.07) is 0. The summed E-state index contributed by atoms with van der Waals surface area (Å²) in [6.45, 7) is 0. The van der Waals surface area contributed by atoms with Crippen LogP contribution < -0.4 is 0 Å². The summed E-state index contributed by atoms with van der Waals surface area (Å²) in [5.74, 6) is 0.743. The Morgan fingerprint density at radius 3 is 3.00 bits per heavy atom. The molecule has 2 heteroatoms. The van der Waals surface area contributed by atoms with Crippen molar-refractivity contribution in [2.24, 2.45) is 0 Å². The van der Waals surface area contributed by atoms with Gasteiger partial charge in [-0.15, -0.1) is 0 Å². The van der Waals surface area contributed by atoms with Crippen molar-refractivity contribution in [2.45, 2.75) is 32.1 Å². The Morgan fingerprint density at radius 1 is 1.33 bits per heavy atom. The van der Waals surface area contributed by atoms with Crippen LogP contribution in [0.2, 0.25) is 0 Å². The van der Waals surface area contributed by atoms with Crippen LogP contribution in [0, 0.1) is 0 Å². The third-order valence-electron chi connectivity index (χ3n) is 1.62. The quantitative estimate of drug-likeness (QED) is 0.433. The van der Waals surface area contributed by atoms with Gasteiger partial charge in [0.15, 0.2) is 0 Å². The molecule has 0 radical (unpaired) electrons. The summed E-state index contributed by atoms with van der Waals surface area (Å²) in [7, 11) is 0. The summed E-state index contributed by atoms with van der Waals surface area (Å²) in [6.07, 6.45) is 7.54. The Bertz CT molecular complexity index is 107. The first kappa shape index (κ1) is 6.62. The Morgan fingerprint density at radius 2 is 2.22 bits per heavy atom. The van der Waals surface area contributed by atoms with Gasteiger partial charge in [0, 0.05) is 6.42 Å². The second-order valence-corrected chi connectivity index (χ2v) is 2.36. The first-order chi connectivity index (χ1) is 4.43. The Hall–Kier alpha value is -0.500. The Labute approximate surface area is 55.1 Å². The molecule has 0 fully saturated rings. The molecule has 0 atom stereocenters. The van der Waals surface area contributed by atoms with Crippen LogP contribution in [0.3, 0.4) is 0 Å². The predicted molar refractivity (Wildman–Crippen MR) is 34.9 cm³/mol. The molecule has 1 rings (SSSR count). The lowest BCUT2D eigenvalue weighted by Crippen LogP contribution is -1.84. The second kappa shape index (κ2) is 3.51. The fourth-order valence-electron chi connectivity index (χ4n) is 1.07. The first-order valence-corrected chi connectivity index (χ1v) is 3.44. The van der Waals surface area contributed by atoms with E-state index in [9.17, 15) is 0 Å². The molecule has 0 aromatic carbocycles. The molecule has 0 bridgehead atoms. The van der Waals surface area contributed by atoms with E-state index in [-0.39, 0.29) is 0 Å². The summed E-state index contributed by atoms with van der Waals surface area (Å²) in [5.41, 5.74) is 0. The van der Waals surface area contributed by atoms with Crippen LogP contribution in [0.4, 0.5) is 0 Å². The zero-order chi connectivity index (χ0) is 6.53. The lowest BCUT2D eigenvalue weighted by atomic mass is 10.2. The fourth-order valence-corrected chi connectivity index (χ4v) is 1.07. The highest BCUT2D eigenvalue weighted by Crippen LogP contribution is 2.16. The number of hydrogen-bond acceptors (Lipinski definition) is 2. The molecular weight excluding hydrogens is 116 g/mol. The molecule has 0 aromatic heterocycles. The summed E-state index contributed by atoms with van der Waals surface area (Å²) in [5, 5.41) is 8.25. The molecule has 0 saturated carbocycles. The van der Waals surface area contributed by atoms with Gasteiger partial charge in [-0.1, -0.05) is 6.42 Å².